The van der Waals surface area contributed by atoms with Gasteiger partial charge in [-0.1, -0.05) is 24.3 Å². The van der Waals surface area contributed by atoms with Crippen LogP contribution in [-0.4, -0.2) is 28.3 Å². The van der Waals surface area contributed by atoms with Crippen molar-refractivity contribution in [2.75, 3.05) is 12.4 Å². The van der Waals surface area contributed by atoms with Crippen LogP contribution in [0.2, 0.25) is 0 Å². The molecule has 2 atom stereocenters. The third-order valence-electron chi connectivity index (χ3n) is 5.58. The molecule has 2 heterocycles. The highest BCUT2D eigenvalue weighted by molar-refractivity contribution is 8.03. The highest BCUT2D eigenvalue weighted by Gasteiger charge is 2.51. The van der Waals surface area contributed by atoms with Crippen LogP contribution in [0.4, 0.5) is 13.2 Å². The van der Waals surface area contributed by atoms with Gasteiger partial charge in [0.05, 0.1) is 34.6 Å². The molecule has 1 N–H and O–H groups in total. The van der Waals surface area contributed by atoms with Gasteiger partial charge in [0.2, 0.25) is 5.91 Å². The van der Waals surface area contributed by atoms with Crippen molar-refractivity contribution in [3.63, 3.8) is 0 Å². The van der Waals surface area contributed by atoms with Crippen LogP contribution < -0.4 is 4.74 Å². The molecule has 0 aromatic heterocycles. The molecule has 4 rings (SSSR count). The number of allylic oxidation sites excluding steroid dienone is 1. The maximum absolute atomic E-state index is 13.1. The minimum absolute atomic E-state index is 0.127. The number of hydrogen-bond donors (Lipinski definition) is 1. The Kier molecular flexibility index (Phi) is 5.69. The molecule has 1 saturated heterocycles. The number of alkyl halides is 3. The highest BCUT2D eigenvalue weighted by atomic mass is 32.2. The fraction of sp³-hybridized carbons (Fsp3) is 0.304. The van der Waals surface area contributed by atoms with Crippen molar-refractivity contribution in [1.29, 1.82) is 5.26 Å². The first kappa shape index (κ1) is 22.2. The number of nitrogens with zero attached hydrogens (tertiary/aromatic N) is 2. The Labute approximate surface area is 187 Å². The molecule has 1 fully saturated rings. The zero-order valence-electron chi connectivity index (χ0n) is 17.0. The van der Waals surface area contributed by atoms with Crippen LogP contribution in [0, 0.1) is 11.3 Å². The number of rotatable bonds is 4. The van der Waals surface area contributed by atoms with Gasteiger partial charge in [0.15, 0.2) is 5.72 Å². The van der Waals surface area contributed by atoms with E-state index in [0.717, 1.165) is 12.1 Å². The van der Waals surface area contributed by atoms with Gasteiger partial charge in [0.1, 0.15) is 5.75 Å². The molecule has 2 aromatic rings. The van der Waals surface area contributed by atoms with E-state index in [0.29, 0.717) is 28.5 Å². The lowest BCUT2D eigenvalue weighted by Crippen LogP contribution is -2.48. The normalized spacial score (nSPS) is 23.2. The number of carbonyl (C=O) groups excluding carboxylic acids is 1. The predicted octanol–water partition coefficient (Wildman–Crippen LogP) is 4.75. The summed E-state index contributed by atoms with van der Waals surface area (Å²) in [5.41, 5.74) is -1.23. The fourth-order valence-electron chi connectivity index (χ4n) is 4.01. The first-order valence-corrected chi connectivity index (χ1v) is 10.9. The van der Waals surface area contributed by atoms with Crippen LogP contribution in [-0.2, 0) is 16.7 Å². The van der Waals surface area contributed by atoms with E-state index in [1.165, 1.54) is 28.8 Å². The van der Waals surface area contributed by atoms with E-state index in [-0.39, 0.29) is 17.7 Å². The minimum atomic E-state index is -4.47. The fourth-order valence-corrected chi connectivity index (χ4v) is 5.37. The number of benzene rings is 2. The molecule has 166 valence electrons. The molecule has 0 spiro atoms. The van der Waals surface area contributed by atoms with Crippen molar-refractivity contribution >= 4 is 17.7 Å². The van der Waals surface area contributed by atoms with Crippen LogP contribution in [0.1, 0.15) is 36.0 Å². The van der Waals surface area contributed by atoms with E-state index in [2.05, 4.69) is 6.07 Å². The molecule has 2 aromatic carbocycles. The molecule has 32 heavy (non-hydrogen) atoms. The Morgan fingerprint density at radius 3 is 2.44 bits per heavy atom. The average Bonchev–Trinajstić information content (AvgIpc) is 3.13. The van der Waals surface area contributed by atoms with Gasteiger partial charge in [-0.3, -0.25) is 9.69 Å². The van der Waals surface area contributed by atoms with Gasteiger partial charge >= 0.3 is 6.18 Å². The Hall–Kier alpha value is -2.96. The van der Waals surface area contributed by atoms with Crippen molar-refractivity contribution in [1.82, 2.24) is 4.90 Å². The van der Waals surface area contributed by atoms with Crippen molar-refractivity contribution < 1.29 is 27.8 Å². The maximum Gasteiger partial charge on any atom is 0.416 e. The summed E-state index contributed by atoms with van der Waals surface area (Å²) >= 11 is 1.19. The first-order valence-electron chi connectivity index (χ1n) is 9.92. The maximum atomic E-state index is 13.1. The summed E-state index contributed by atoms with van der Waals surface area (Å²) in [6.45, 7) is 2.35. The molecule has 0 aliphatic carbocycles. The summed E-state index contributed by atoms with van der Waals surface area (Å²) in [5.74, 6) is -0.305. The van der Waals surface area contributed by atoms with E-state index in [1.54, 1.807) is 24.3 Å². The van der Waals surface area contributed by atoms with Crippen molar-refractivity contribution in [2.24, 2.45) is 0 Å². The topological polar surface area (TPSA) is 73.6 Å². The van der Waals surface area contributed by atoms with Gasteiger partial charge in [-0.25, -0.2) is 0 Å². The summed E-state index contributed by atoms with van der Waals surface area (Å²) in [6, 6.07) is 13.4. The van der Waals surface area contributed by atoms with Gasteiger partial charge < -0.3 is 9.84 Å². The predicted molar refractivity (Wildman–Crippen MR) is 112 cm³/mol. The van der Waals surface area contributed by atoms with E-state index in [1.807, 2.05) is 6.92 Å². The van der Waals surface area contributed by atoms with Crippen molar-refractivity contribution in [3.05, 3.63) is 75.8 Å². The van der Waals surface area contributed by atoms with E-state index >= 15 is 0 Å². The highest BCUT2D eigenvalue weighted by Crippen LogP contribution is 2.51. The second kappa shape index (κ2) is 8.19. The molecule has 0 bridgehead atoms. The second-order valence-corrected chi connectivity index (χ2v) is 8.46. The largest absolute Gasteiger partial charge is 0.494 e. The van der Waals surface area contributed by atoms with Crippen LogP contribution >= 0.6 is 11.8 Å². The second-order valence-electron chi connectivity index (χ2n) is 7.50. The summed E-state index contributed by atoms with van der Waals surface area (Å²) in [7, 11) is 0. The Morgan fingerprint density at radius 2 is 1.88 bits per heavy atom. The molecule has 0 unspecified atom stereocenters. The van der Waals surface area contributed by atoms with Crippen molar-refractivity contribution in [3.8, 4) is 11.8 Å². The molecule has 0 radical (unpaired) electrons. The quantitative estimate of drug-likeness (QED) is 0.713. The van der Waals surface area contributed by atoms with Crippen LogP contribution in [0.25, 0.3) is 0 Å². The van der Waals surface area contributed by atoms with E-state index in [4.69, 9.17) is 4.74 Å². The smallest absolute Gasteiger partial charge is 0.416 e. The Balaban J connectivity index is 1.70. The Bertz CT molecular complexity index is 1110. The average molecular weight is 460 g/mol. The number of halogens is 3. The number of amides is 1. The van der Waals surface area contributed by atoms with E-state index in [9.17, 15) is 28.3 Å². The molecule has 2 aliphatic heterocycles. The van der Waals surface area contributed by atoms with Gasteiger partial charge in [-0.15, -0.1) is 11.8 Å². The van der Waals surface area contributed by atoms with Crippen LogP contribution in [0.15, 0.2) is 59.1 Å². The number of carbonyl (C=O) groups is 1. The summed E-state index contributed by atoms with van der Waals surface area (Å²) in [6.07, 6.45) is -4.60. The van der Waals surface area contributed by atoms with Gasteiger partial charge in [-0.2, -0.15) is 18.4 Å². The SMILES string of the molecule is CCOc1ccc([C@@]2(O)CSC3=C(C#N)[C@H](c4ccc(C(F)(F)F)cc4)CC(=O)N32)cc1. The lowest BCUT2D eigenvalue weighted by Gasteiger charge is -2.38. The first-order chi connectivity index (χ1) is 15.2. The minimum Gasteiger partial charge on any atom is -0.494 e. The zero-order chi connectivity index (χ0) is 23.1. The molecule has 0 saturated carbocycles. The Morgan fingerprint density at radius 1 is 1.22 bits per heavy atom. The number of aliphatic hydroxyl groups is 1. The summed E-state index contributed by atoms with van der Waals surface area (Å²) in [4.78, 5) is 14.4. The number of fused-ring (bicyclic) bond motifs is 1. The number of hydrogen-bond acceptors (Lipinski definition) is 5. The third-order valence-corrected chi connectivity index (χ3v) is 6.80. The van der Waals surface area contributed by atoms with Gasteiger partial charge in [0.25, 0.3) is 0 Å². The van der Waals surface area contributed by atoms with Gasteiger partial charge in [-0.05, 0) is 36.8 Å². The van der Waals surface area contributed by atoms with Gasteiger partial charge in [0, 0.05) is 17.9 Å². The summed E-state index contributed by atoms with van der Waals surface area (Å²) in [5, 5.41) is 21.6. The number of nitriles is 1. The zero-order valence-corrected chi connectivity index (χ0v) is 17.8. The van der Waals surface area contributed by atoms with Crippen LogP contribution in [0.5, 0.6) is 5.75 Å². The standard InChI is InChI=1S/C23H19F3N2O3S/c1-2-31-17-9-7-15(8-10-17)22(30)13-32-21-19(12-27)18(11-20(29)28(21)22)14-3-5-16(6-4-14)23(24,25)26/h3-10,18,30H,2,11,13H2,1H3/t18-,22-/m0/s1. The van der Waals surface area contributed by atoms with Crippen molar-refractivity contribution in [2.45, 2.75) is 31.2 Å². The molecule has 1 amide bonds. The lowest BCUT2D eigenvalue weighted by atomic mass is 9.85. The van der Waals surface area contributed by atoms with Crippen LogP contribution in [0.3, 0.4) is 0 Å². The van der Waals surface area contributed by atoms with E-state index < -0.39 is 29.3 Å². The third kappa shape index (κ3) is 3.74. The molecular formula is C23H19F3N2O3S. The monoisotopic (exact) mass is 460 g/mol. The summed E-state index contributed by atoms with van der Waals surface area (Å²) < 4.78 is 44.1. The molecule has 5 nitrogen and oxygen atoms in total. The number of ether oxygens (including phenoxy) is 1. The lowest BCUT2D eigenvalue weighted by molar-refractivity contribution is -0.149. The molecule has 9 heteroatoms. The number of thioether (sulfide) groups is 1. The molecular weight excluding hydrogens is 441 g/mol. The molecule has 2 aliphatic rings.